The molecule has 16 heavy (non-hydrogen) atoms. The van der Waals surface area contributed by atoms with Crippen LogP contribution in [-0.4, -0.2) is 14.2 Å². The fourth-order valence-electron chi connectivity index (χ4n) is 1.89. The summed E-state index contributed by atoms with van der Waals surface area (Å²) < 4.78 is 5.44. The molecular formula is C12H19ClN2O. The zero-order chi connectivity index (χ0) is 12.5. The predicted molar refractivity (Wildman–Crippen MR) is 68.2 cm³/mol. The molecule has 1 rings (SSSR count). The molecule has 0 spiro atoms. The molecule has 0 bridgehead atoms. The number of rotatable bonds is 3. The van der Waals surface area contributed by atoms with Gasteiger partial charge in [0.15, 0.2) is 0 Å². The Bertz CT molecular complexity index is 405. The third-order valence-corrected chi connectivity index (χ3v) is 3.60. The quantitative estimate of drug-likeness (QED) is 0.801. The Morgan fingerprint density at radius 3 is 2.19 bits per heavy atom. The van der Waals surface area contributed by atoms with E-state index in [0.29, 0.717) is 0 Å². The molecule has 0 aliphatic rings. The lowest BCUT2D eigenvalue weighted by Crippen LogP contribution is -2.26. The summed E-state index contributed by atoms with van der Waals surface area (Å²) in [5.74, 6) is 0.821. The highest BCUT2D eigenvalue weighted by Crippen LogP contribution is 2.37. The molecule has 0 aliphatic heterocycles. The lowest BCUT2D eigenvalue weighted by Gasteiger charge is -2.22. The standard InChI is InChI=1S/C12H19ClN2O/c1-6-7(2)11(16-5)9(12(14)15-4)8(3)10(6)13/h12,15H,14H2,1-5H3. The first-order chi connectivity index (χ1) is 7.45. The van der Waals surface area contributed by atoms with E-state index in [9.17, 15) is 0 Å². The molecule has 0 saturated carbocycles. The molecule has 4 heteroatoms. The van der Waals surface area contributed by atoms with E-state index < -0.39 is 0 Å². The van der Waals surface area contributed by atoms with Gasteiger partial charge in [-0.1, -0.05) is 11.6 Å². The number of hydrogen-bond donors (Lipinski definition) is 2. The number of halogens is 1. The normalized spacial score (nSPS) is 12.7. The largest absolute Gasteiger partial charge is 0.496 e. The fourth-order valence-corrected chi connectivity index (χ4v) is 2.13. The van der Waals surface area contributed by atoms with Crippen LogP contribution < -0.4 is 15.8 Å². The van der Waals surface area contributed by atoms with E-state index in [1.54, 1.807) is 7.11 Å². The zero-order valence-corrected chi connectivity index (χ0v) is 11.2. The van der Waals surface area contributed by atoms with Crippen LogP contribution in [0, 0.1) is 20.8 Å². The predicted octanol–water partition coefficient (Wildman–Crippen LogP) is 2.45. The highest BCUT2D eigenvalue weighted by atomic mass is 35.5. The van der Waals surface area contributed by atoms with Gasteiger partial charge in [-0.05, 0) is 44.5 Å². The number of ether oxygens (including phenoxy) is 1. The second kappa shape index (κ2) is 5.04. The van der Waals surface area contributed by atoms with Crippen LogP contribution >= 0.6 is 11.6 Å². The highest BCUT2D eigenvalue weighted by molar-refractivity contribution is 6.32. The van der Waals surface area contributed by atoms with E-state index in [1.807, 2.05) is 27.8 Å². The molecule has 0 aliphatic carbocycles. The molecule has 0 aromatic heterocycles. The molecule has 1 aromatic rings. The Kier molecular flexibility index (Phi) is 4.19. The maximum absolute atomic E-state index is 6.28. The fraction of sp³-hybridized carbons (Fsp3) is 0.500. The van der Waals surface area contributed by atoms with Gasteiger partial charge in [-0.15, -0.1) is 0 Å². The summed E-state index contributed by atoms with van der Waals surface area (Å²) in [6.07, 6.45) is -0.272. The zero-order valence-electron chi connectivity index (χ0n) is 10.4. The number of nitrogens with one attached hydrogen (secondary N) is 1. The number of benzene rings is 1. The summed E-state index contributed by atoms with van der Waals surface area (Å²) in [4.78, 5) is 0. The van der Waals surface area contributed by atoms with Crippen molar-refractivity contribution >= 4 is 11.6 Å². The van der Waals surface area contributed by atoms with Gasteiger partial charge in [-0.3, -0.25) is 0 Å². The minimum atomic E-state index is -0.272. The van der Waals surface area contributed by atoms with Crippen molar-refractivity contribution in [1.82, 2.24) is 5.32 Å². The van der Waals surface area contributed by atoms with E-state index in [-0.39, 0.29) is 6.17 Å². The minimum absolute atomic E-state index is 0.272. The maximum atomic E-state index is 6.28. The van der Waals surface area contributed by atoms with Crippen molar-refractivity contribution in [3.8, 4) is 5.75 Å². The van der Waals surface area contributed by atoms with Crippen LogP contribution in [0.25, 0.3) is 0 Å². The Morgan fingerprint density at radius 1 is 1.19 bits per heavy atom. The summed E-state index contributed by atoms with van der Waals surface area (Å²) in [6.45, 7) is 5.94. The van der Waals surface area contributed by atoms with Gasteiger partial charge in [0.2, 0.25) is 0 Å². The van der Waals surface area contributed by atoms with E-state index in [4.69, 9.17) is 22.1 Å². The average molecular weight is 243 g/mol. The molecule has 0 fully saturated rings. The molecule has 3 nitrogen and oxygen atoms in total. The average Bonchev–Trinajstić information content (AvgIpc) is 2.29. The SMILES string of the molecule is CNC(N)c1c(C)c(Cl)c(C)c(C)c1OC. The Hall–Kier alpha value is -0.770. The van der Waals surface area contributed by atoms with Crippen molar-refractivity contribution in [2.45, 2.75) is 26.9 Å². The number of methoxy groups -OCH3 is 1. The Balaban J connectivity index is 3.57. The molecule has 1 unspecified atom stereocenters. The molecule has 0 saturated heterocycles. The molecule has 0 amide bonds. The summed E-state index contributed by atoms with van der Waals surface area (Å²) in [7, 11) is 3.47. The van der Waals surface area contributed by atoms with E-state index in [2.05, 4.69) is 5.32 Å². The molecule has 3 N–H and O–H groups in total. The van der Waals surface area contributed by atoms with E-state index in [0.717, 1.165) is 33.0 Å². The summed E-state index contributed by atoms with van der Waals surface area (Å²) >= 11 is 6.28. The Morgan fingerprint density at radius 2 is 1.75 bits per heavy atom. The number of hydrogen-bond acceptors (Lipinski definition) is 3. The van der Waals surface area contributed by atoms with Crippen LogP contribution in [0.5, 0.6) is 5.75 Å². The maximum Gasteiger partial charge on any atom is 0.128 e. The van der Waals surface area contributed by atoms with Crippen molar-refractivity contribution in [3.05, 3.63) is 27.3 Å². The van der Waals surface area contributed by atoms with Gasteiger partial charge >= 0.3 is 0 Å². The van der Waals surface area contributed by atoms with Crippen LogP contribution in [0.2, 0.25) is 5.02 Å². The van der Waals surface area contributed by atoms with E-state index in [1.165, 1.54) is 0 Å². The van der Waals surface area contributed by atoms with Crippen LogP contribution in [0.3, 0.4) is 0 Å². The van der Waals surface area contributed by atoms with Gasteiger partial charge in [0.05, 0.1) is 13.3 Å². The number of nitrogens with two attached hydrogens (primary N) is 1. The van der Waals surface area contributed by atoms with Crippen molar-refractivity contribution in [2.75, 3.05) is 14.2 Å². The van der Waals surface area contributed by atoms with Crippen LogP contribution in [0.15, 0.2) is 0 Å². The summed E-state index contributed by atoms with van der Waals surface area (Å²) in [6, 6.07) is 0. The van der Waals surface area contributed by atoms with Crippen molar-refractivity contribution in [2.24, 2.45) is 5.73 Å². The third-order valence-electron chi connectivity index (χ3n) is 3.04. The second-order valence-electron chi connectivity index (χ2n) is 3.90. The topological polar surface area (TPSA) is 47.3 Å². The molecule has 90 valence electrons. The van der Waals surface area contributed by atoms with Crippen LogP contribution in [0.1, 0.15) is 28.4 Å². The van der Waals surface area contributed by atoms with Gasteiger partial charge in [-0.2, -0.15) is 0 Å². The Labute approximate surface area is 102 Å². The highest BCUT2D eigenvalue weighted by Gasteiger charge is 2.20. The van der Waals surface area contributed by atoms with Crippen LogP contribution in [0.4, 0.5) is 0 Å². The molecule has 0 radical (unpaired) electrons. The molecule has 1 atom stereocenters. The molecule has 1 aromatic carbocycles. The monoisotopic (exact) mass is 242 g/mol. The van der Waals surface area contributed by atoms with Gasteiger partial charge in [0, 0.05) is 10.6 Å². The summed E-state index contributed by atoms with van der Waals surface area (Å²) in [5.41, 5.74) is 10.00. The lowest BCUT2D eigenvalue weighted by molar-refractivity contribution is 0.398. The lowest BCUT2D eigenvalue weighted by atomic mass is 9.97. The minimum Gasteiger partial charge on any atom is -0.496 e. The third kappa shape index (κ3) is 2.03. The van der Waals surface area contributed by atoms with Crippen molar-refractivity contribution < 1.29 is 4.74 Å². The molecule has 0 heterocycles. The first kappa shape index (κ1) is 13.3. The van der Waals surface area contributed by atoms with Gasteiger partial charge < -0.3 is 15.8 Å². The van der Waals surface area contributed by atoms with Gasteiger partial charge in [0.25, 0.3) is 0 Å². The first-order valence-electron chi connectivity index (χ1n) is 5.21. The van der Waals surface area contributed by atoms with Crippen molar-refractivity contribution in [1.29, 1.82) is 0 Å². The first-order valence-corrected chi connectivity index (χ1v) is 5.59. The molecular weight excluding hydrogens is 224 g/mol. The summed E-state index contributed by atoms with van der Waals surface area (Å²) in [5, 5.41) is 3.77. The van der Waals surface area contributed by atoms with Gasteiger partial charge in [0.1, 0.15) is 5.75 Å². The smallest absolute Gasteiger partial charge is 0.128 e. The van der Waals surface area contributed by atoms with Gasteiger partial charge in [-0.25, -0.2) is 0 Å². The van der Waals surface area contributed by atoms with Crippen molar-refractivity contribution in [3.63, 3.8) is 0 Å². The van der Waals surface area contributed by atoms with E-state index >= 15 is 0 Å². The van der Waals surface area contributed by atoms with Crippen LogP contribution in [-0.2, 0) is 0 Å². The second-order valence-corrected chi connectivity index (χ2v) is 4.28.